The quantitative estimate of drug-likeness (QED) is 0.645. The Morgan fingerprint density at radius 2 is 1.86 bits per heavy atom. The van der Waals surface area contributed by atoms with E-state index in [-0.39, 0.29) is 11.8 Å². The van der Waals surface area contributed by atoms with Crippen LogP contribution in [0.1, 0.15) is 39.0 Å². The minimum atomic E-state index is -0.172. The van der Waals surface area contributed by atoms with Crippen LogP contribution in [0.4, 0.5) is 11.4 Å². The smallest absolute Gasteiger partial charge is 0.224 e. The highest BCUT2D eigenvalue weighted by Crippen LogP contribution is 2.25. The first kappa shape index (κ1) is 17.5. The van der Waals surface area contributed by atoms with E-state index in [1.807, 2.05) is 0 Å². The maximum absolute atomic E-state index is 11.8. The molecule has 5 nitrogen and oxygen atoms in total. The van der Waals surface area contributed by atoms with Crippen LogP contribution in [0, 0.1) is 0 Å². The van der Waals surface area contributed by atoms with Crippen molar-refractivity contribution in [3.05, 3.63) is 23.2 Å². The van der Waals surface area contributed by atoms with Gasteiger partial charge in [-0.2, -0.15) is 0 Å². The molecule has 0 atom stereocenters. The van der Waals surface area contributed by atoms with Crippen molar-refractivity contribution in [1.29, 1.82) is 0 Å². The van der Waals surface area contributed by atoms with Crippen molar-refractivity contribution in [1.82, 2.24) is 0 Å². The molecule has 0 aliphatic carbocycles. The van der Waals surface area contributed by atoms with Gasteiger partial charge >= 0.3 is 0 Å². The summed E-state index contributed by atoms with van der Waals surface area (Å²) < 4.78 is 0. The highest BCUT2D eigenvalue weighted by atomic mass is 35.5. The molecule has 1 aromatic rings. The molecule has 21 heavy (non-hydrogen) atoms. The van der Waals surface area contributed by atoms with Gasteiger partial charge in [0, 0.05) is 19.0 Å². The van der Waals surface area contributed by atoms with Crippen LogP contribution in [-0.4, -0.2) is 18.4 Å². The van der Waals surface area contributed by atoms with Crippen LogP contribution in [0.15, 0.2) is 18.2 Å². The Labute approximate surface area is 130 Å². The standard InChI is InChI=1S/C15H22ClN3O2/c1-11(20)18-12-7-8-13(16)14(10-12)19-15(21)6-4-2-3-5-9-17/h7-8,10H,2-6,9,17H2,1H3,(H,18,20)(H,19,21). The fraction of sp³-hybridized carbons (Fsp3) is 0.467. The van der Waals surface area contributed by atoms with E-state index in [1.165, 1.54) is 6.92 Å². The summed E-state index contributed by atoms with van der Waals surface area (Å²) in [5.74, 6) is -0.251. The zero-order valence-electron chi connectivity index (χ0n) is 12.2. The molecule has 1 aromatic carbocycles. The number of anilines is 2. The lowest BCUT2D eigenvalue weighted by Gasteiger charge is -2.10. The number of nitrogens with one attached hydrogen (secondary N) is 2. The number of benzene rings is 1. The normalized spacial score (nSPS) is 10.2. The Morgan fingerprint density at radius 3 is 2.52 bits per heavy atom. The molecular weight excluding hydrogens is 290 g/mol. The highest BCUT2D eigenvalue weighted by Gasteiger charge is 2.07. The van der Waals surface area contributed by atoms with Crippen molar-refractivity contribution in [2.24, 2.45) is 5.73 Å². The maximum atomic E-state index is 11.8. The third-order valence-corrected chi connectivity index (χ3v) is 3.25. The lowest BCUT2D eigenvalue weighted by atomic mass is 10.1. The summed E-state index contributed by atoms with van der Waals surface area (Å²) in [6.07, 6.45) is 4.30. The number of halogens is 1. The van der Waals surface area contributed by atoms with Crippen molar-refractivity contribution >= 4 is 34.8 Å². The average molecular weight is 312 g/mol. The van der Waals surface area contributed by atoms with Crippen LogP contribution in [0.3, 0.4) is 0 Å². The lowest BCUT2D eigenvalue weighted by Crippen LogP contribution is -2.12. The van der Waals surface area contributed by atoms with Gasteiger partial charge in [0.2, 0.25) is 11.8 Å². The van der Waals surface area contributed by atoms with Gasteiger partial charge in [-0.3, -0.25) is 9.59 Å². The summed E-state index contributed by atoms with van der Waals surface area (Å²) in [6, 6.07) is 4.98. The SMILES string of the molecule is CC(=O)Nc1ccc(Cl)c(NC(=O)CCCCCCN)c1. The van der Waals surface area contributed by atoms with Crippen LogP contribution in [0.5, 0.6) is 0 Å². The predicted octanol–water partition coefficient (Wildman–Crippen LogP) is 3.15. The molecular formula is C15H22ClN3O2. The van der Waals surface area contributed by atoms with Gasteiger partial charge in [-0.25, -0.2) is 0 Å². The molecule has 0 spiro atoms. The molecule has 0 saturated heterocycles. The molecule has 0 radical (unpaired) electrons. The molecule has 0 bridgehead atoms. The zero-order valence-corrected chi connectivity index (χ0v) is 13.0. The van der Waals surface area contributed by atoms with Gasteiger partial charge in [-0.15, -0.1) is 0 Å². The Balaban J connectivity index is 2.49. The third kappa shape index (κ3) is 7.11. The van der Waals surface area contributed by atoms with Gasteiger partial charge in [-0.1, -0.05) is 24.4 Å². The van der Waals surface area contributed by atoms with Crippen LogP contribution in [-0.2, 0) is 9.59 Å². The molecule has 4 N–H and O–H groups in total. The minimum absolute atomic E-state index is 0.0791. The van der Waals surface area contributed by atoms with Gasteiger partial charge in [0.25, 0.3) is 0 Å². The van der Waals surface area contributed by atoms with E-state index >= 15 is 0 Å². The van der Waals surface area contributed by atoms with Gasteiger partial charge in [0.1, 0.15) is 0 Å². The highest BCUT2D eigenvalue weighted by molar-refractivity contribution is 6.33. The van der Waals surface area contributed by atoms with E-state index in [4.69, 9.17) is 17.3 Å². The Kier molecular flexibility index (Phi) is 7.79. The fourth-order valence-electron chi connectivity index (χ4n) is 1.90. The predicted molar refractivity (Wildman–Crippen MR) is 86.5 cm³/mol. The number of hydrogen-bond acceptors (Lipinski definition) is 3. The number of unbranched alkanes of at least 4 members (excludes halogenated alkanes) is 3. The summed E-state index contributed by atoms with van der Waals surface area (Å²) >= 11 is 6.04. The second-order valence-corrected chi connectivity index (χ2v) is 5.28. The molecule has 0 aromatic heterocycles. The molecule has 0 saturated carbocycles. The molecule has 0 unspecified atom stereocenters. The number of carbonyl (C=O) groups excluding carboxylic acids is 2. The topological polar surface area (TPSA) is 84.2 Å². The van der Waals surface area contributed by atoms with Gasteiger partial charge in [0.05, 0.1) is 10.7 Å². The molecule has 0 heterocycles. The Bertz CT molecular complexity index is 492. The second-order valence-electron chi connectivity index (χ2n) is 4.88. The zero-order chi connectivity index (χ0) is 15.7. The van der Waals surface area contributed by atoms with Crippen LogP contribution in [0.2, 0.25) is 5.02 Å². The van der Waals surface area contributed by atoms with Crippen molar-refractivity contribution in [3.8, 4) is 0 Å². The maximum Gasteiger partial charge on any atom is 0.224 e. The van der Waals surface area contributed by atoms with Gasteiger partial charge < -0.3 is 16.4 Å². The molecule has 6 heteroatoms. The van der Waals surface area contributed by atoms with Crippen molar-refractivity contribution in [2.45, 2.75) is 39.0 Å². The van der Waals surface area contributed by atoms with Crippen LogP contribution < -0.4 is 16.4 Å². The number of carbonyl (C=O) groups is 2. The number of amides is 2. The first-order valence-electron chi connectivity index (χ1n) is 7.10. The molecule has 116 valence electrons. The summed E-state index contributed by atoms with van der Waals surface area (Å²) in [5, 5.41) is 5.86. The number of rotatable bonds is 8. The second kappa shape index (κ2) is 9.37. The average Bonchev–Trinajstić information content (AvgIpc) is 2.42. The lowest BCUT2D eigenvalue weighted by molar-refractivity contribution is -0.116. The third-order valence-electron chi connectivity index (χ3n) is 2.92. The summed E-state index contributed by atoms with van der Waals surface area (Å²) in [7, 11) is 0. The molecule has 1 rings (SSSR count). The van der Waals surface area contributed by atoms with Gasteiger partial charge in [0.15, 0.2) is 0 Å². The van der Waals surface area contributed by atoms with Crippen molar-refractivity contribution in [3.63, 3.8) is 0 Å². The van der Waals surface area contributed by atoms with E-state index in [9.17, 15) is 9.59 Å². The molecule has 0 fully saturated rings. The van der Waals surface area contributed by atoms with Gasteiger partial charge in [-0.05, 0) is 37.6 Å². The van der Waals surface area contributed by atoms with Crippen molar-refractivity contribution in [2.75, 3.05) is 17.2 Å². The largest absolute Gasteiger partial charge is 0.330 e. The van der Waals surface area contributed by atoms with Crippen LogP contribution in [0.25, 0.3) is 0 Å². The Morgan fingerprint density at radius 1 is 1.14 bits per heavy atom. The summed E-state index contributed by atoms with van der Waals surface area (Å²) in [5.41, 5.74) is 6.53. The minimum Gasteiger partial charge on any atom is -0.330 e. The van der Waals surface area contributed by atoms with E-state index < -0.39 is 0 Å². The number of nitrogens with two attached hydrogens (primary N) is 1. The van der Waals surface area contributed by atoms with Crippen molar-refractivity contribution < 1.29 is 9.59 Å². The van der Waals surface area contributed by atoms with E-state index in [0.717, 1.165) is 25.7 Å². The van der Waals surface area contributed by atoms with E-state index in [0.29, 0.717) is 29.4 Å². The summed E-state index contributed by atoms with van der Waals surface area (Å²) in [4.78, 5) is 22.9. The monoisotopic (exact) mass is 311 g/mol. The van der Waals surface area contributed by atoms with E-state index in [1.54, 1.807) is 18.2 Å². The molecule has 2 amide bonds. The Hall–Kier alpha value is -1.59. The first-order valence-corrected chi connectivity index (χ1v) is 7.48. The number of hydrogen-bond donors (Lipinski definition) is 3. The first-order chi connectivity index (χ1) is 10.0. The molecule has 0 aliphatic rings. The summed E-state index contributed by atoms with van der Waals surface area (Å²) in [6.45, 7) is 2.12. The van der Waals surface area contributed by atoms with Crippen LogP contribution >= 0.6 is 11.6 Å². The fourth-order valence-corrected chi connectivity index (χ4v) is 2.06. The van der Waals surface area contributed by atoms with E-state index in [2.05, 4.69) is 10.6 Å². The molecule has 0 aliphatic heterocycles.